The highest BCUT2D eigenvalue weighted by Gasteiger charge is 2.68. The summed E-state index contributed by atoms with van der Waals surface area (Å²) in [5, 5.41) is 33.2. The Morgan fingerprint density at radius 1 is 1.07 bits per heavy atom. The van der Waals surface area contributed by atoms with E-state index in [0.29, 0.717) is 19.3 Å². The van der Waals surface area contributed by atoms with Crippen LogP contribution in [-0.2, 0) is 33.4 Å². The fraction of sp³-hybridized carbons (Fsp3) is 0.774. The van der Waals surface area contributed by atoms with Crippen LogP contribution in [0.3, 0.4) is 0 Å². The minimum atomic E-state index is -1.77. The number of likely N-dealkylation sites (tertiary alicyclic amines) is 1. The summed E-state index contributed by atoms with van der Waals surface area (Å²) in [6.45, 7) is 3.33. The van der Waals surface area contributed by atoms with Gasteiger partial charge in [-0.3, -0.25) is 19.2 Å². The van der Waals surface area contributed by atoms with Gasteiger partial charge < -0.3 is 29.7 Å². The number of Topliss-reactive ketones (excluding diaryl/α,β-unsaturated/α-hetero) is 1. The van der Waals surface area contributed by atoms with Crippen molar-refractivity contribution in [3.05, 3.63) is 11.6 Å². The lowest BCUT2D eigenvalue weighted by Crippen LogP contribution is -2.62. The van der Waals surface area contributed by atoms with E-state index in [1.165, 1.54) is 12.0 Å². The summed E-state index contributed by atoms with van der Waals surface area (Å²) in [5.41, 5.74) is -1.83. The first-order valence-electron chi connectivity index (χ1n) is 15.1. The fourth-order valence-corrected chi connectivity index (χ4v) is 9.29. The van der Waals surface area contributed by atoms with Gasteiger partial charge in [0.05, 0.1) is 25.7 Å². The molecule has 1 heterocycles. The van der Waals surface area contributed by atoms with E-state index in [9.17, 15) is 39.3 Å². The van der Waals surface area contributed by atoms with E-state index >= 15 is 0 Å². The Morgan fingerprint density at radius 2 is 1.81 bits per heavy atom. The van der Waals surface area contributed by atoms with E-state index in [0.717, 1.165) is 18.4 Å². The lowest BCUT2D eigenvalue weighted by Gasteiger charge is -2.60. The van der Waals surface area contributed by atoms with Gasteiger partial charge in [0.2, 0.25) is 11.7 Å². The van der Waals surface area contributed by atoms with Crippen LogP contribution in [0.4, 0.5) is 0 Å². The van der Waals surface area contributed by atoms with Crippen molar-refractivity contribution in [1.82, 2.24) is 4.90 Å². The number of methoxy groups -OCH3 is 1. The molecule has 0 aromatic carbocycles. The molecule has 5 aliphatic rings. The first-order chi connectivity index (χ1) is 19.7. The molecule has 0 aromatic rings. The zero-order valence-corrected chi connectivity index (χ0v) is 24.7. The van der Waals surface area contributed by atoms with Crippen LogP contribution < -0.4 is 0 Å². The molecular weight excluding hydrogens is 546 g/mol. The van der Waals surface area contributed by atoms with Crippen molar-refractivity contribution in [3.63, 3.8) is 0 Å². The molecule has 3 N–H and O–H groups in total. The number of hydrogen-bond acceptors (Lipinski definition) is 10. The SMILES string of the molecule is COC(=O)[C@@H]1C[C@H](O)CN1C(=O)CCC(=O)OCC(=O)[C@@]1(O)CC[C@@H]2[C@@H]3CCC4=CC(=O)CC[C@]4(C)[C@H]3[C@H](O)C[C@@]21C. The Bertz CT molecular complexity index is 1200. The highest BCUT2D eigenvalue weighted by molar-refractivity contribution is 5.92. The molecule has 5 rings (SSSR count). The van der Waals surface area contributed by atoms with Gasteiger partial charge in [0.15, 0.2) is 12.4 Å². The summed E-state index contributed by atoms with van der Waals surface area (Å²) in [6, 6.07) is -0.916. The van der Waals surface area contributed by atoms with Crippen molar-refractivity contribution in [2.24, 2.45) is 28.6 Å². The van der Waals surface area contributed by atoms with Crippen LogP contribution in [0, 0.1) is 28.6 Å². The standard InChI is InChI=1S/C31H43NO10/c1-29-10-8-18(33)12-17(29)4-5-20-21-9-11-31(40,30(21,2)14-23(35)27(20)29)24(36)16-42-26(38)7-6-25(37)32-15-19(34)13-22(32)28(39)41-3/h12,19-23,27,34-35,40H,4-11,13-16H2,1-3H3/t19-,20-,21+,22-,23+,27+,29-,30-,31-/m0/s1. The van der Waals surface area contributed by atoms with Gasteiger partial charge in [-0.2, -0.15) is 0 Å². The Hall–Kier alpha value is -2.63. The number of fused-ring (bicyclic) bond motifs is 5. The first-order valence-corrected chi connectivity index (χ1v) is 15.1. The molecule has 0 radical (unpaired) electrons. The predicted molar refractivity (Wildman–Crippen MR) is 146 cm³/mol. The van der Waals surface area contributed by atoms with Gasteiger partial charge in [-0.15, -0.1) is 0 Å². The monoisotopic (exact) mass is 589 g/mol. The molecule has 0 spiro atoms. The molecule has 232 valence electrons. The lowest BCUT2D eigenvalue weighted by atomic mass is 9.45. The first kappa shape index (κ1) is 30.8. The van der Waals surface area contributed by atoms with Gasteiger partial charge >= 0.3 is 11.9 Å². The van der Waals surface area contributed by atoms with Gasteiger partial charge in [0.1, 0.15) is 11.6 Å². The van der Waals surface area contributed by atoms with Crippen molar-refractivity contribution in [3.8, 4) is 0 Å². The van der Waals surface area contributed by atoms with Gasteiger partial charge in [0.25, 0.3) is 0 Å². The van der Waals surface area contributed by atoms with Crippen molar-refractivity contribution in [2.45, 2.75) is 102 Å². The van der Waals surface area contributed by atoms with Gasteiger partial charge in [0, 0.05) is 31.2 Å². The zero-order valence-electron chi connectivity index (χ0n) is 24.7. The second-order valence-corrected chi connectivity index (χ2v) is 13.5. The molecule has 9 atom stereocenters. The normalized spacial score (nSPS) is 40.9. The number of carbonyl (C=O) groups is 5. The second-order valence-electron chi connectivity index (χ2n) is 13.5. The quantitative estimate of drug-likeness (QED) is 0.368. The molecule has 11 nitrogen and oxygen atoms in total. The third-order valence-corrected chi connectivity index (χ3v) is 11.5. The summed E-state index contributed by atoms with van der Waals surface area (Å²) in [4.78, 5) is 63.8. The molecule has 0 unspecified atom stereocenters. The van der Waals surface area contributed by atoms with E-state index in [-0.39, 0.29) is 67.6 Å². The summed E-state index contributed by atoms with van der Waals surface area (Å²) >= 11 is 0. The summed E-state index contributed by atoms with van der Waals surface area (Å²) in [7, 11) is 1.19. The number of amides is 1. The van der Waals surface area contributed by atoms with E-state index < -0.39 is 59.5 Å². The van der Waals surface area contributed by atoms with E-state index in [1.807, 2.05) is 6.92 Å². The number of aliphatic hydroxyl groups excluding tert-OH is 2. The molecule has 4 aliphatic carbocycles. The van der Waals surface area contributed by atoms with Crippen LogP contribution in [0.25, 0.3) is 0 Å². The zero-order chi connectivity index (χ0) is 30.6. The minimum Gasteiger partial charge on any atom is -0.467 e. The third kappa shape index (κ3) is 4.91. The summed E-state index contributed by atoms with van der Waals surface area (Å²) in [6.07, 6.45) is 3.39. The molecular formula is C31H43NO10. The molecule has 11 heteroatoms. The summed E-state index contributed by atoms with van der Waals surface area (Å²) < 4.78 is 9.90. The molecule has 4 fully saturated rings. The minimum absolute atomic E-state index is 0.00254. The average molecular weight is 590 g/mol. The Balaban J connectivity index is 1.20. The van der Waals surface area contributed by atoms with Crippen LogP contribution in [0.15, 0.2) is 11.6 Å². The summed E-state index contributed by atoms with van der Waals surface area (Å²) in [5.74, 6) is -2.37. The van der Waals surface area contributed by atoms with E-state index in [4.69, 9.17) is 9.47 Å². The number of aliphatic hydroxyl groups is 3. The Morgan fingerprint density at radius 3 is 2.52 bits per heavy atom. The molecule has 0 bridgehead atoms. The third-order valence-electron chi connectivity index (χ3n) is 11.5. The van der Waals surface area contributed by atoms with Gasteiger partial charge in [-0.05, 0) is 67.8 Å². The topological polar surface area (TPSA) is 168 Å². The van der Waals surface area contributed by atoms with E-state index in [1.54, 1.807) is 6.08 Å². The number of hydrogen-bond donors (Lipinski definition) is 3. The van der Waals surface area contributed by atoms with Gasteiger partial charge in [-0.1, -0.05) is 19.4 Å². The maximum atomic E-state index is 13.5. The highest BCUT2D eigenvalue weighted by Crippen LogP contribution is 2.67. The highest BCUT2D eigenvalue weighted by atomic mass is 16.5. The maximum Gasteiger partial charge on any atom is 0.328 e. The molecule has 1 amide bonds. The van der Waals surface area contributed by atoms with Crippen LogP contribution in [-0.4, -0.2) is 93.7 Å². The van der Waals surface area contributed by atoms with Crippen LogP contribution in [0.1, 0.15) is 78.1 Å². The average Bonchev–Trinajstić information content (AvgIpc) is 3.47. The van der Waals surface area contributed by atoms with Crippen LogP contribution >= 0.6 is 0 Å². The van der Waals surface area contributed by atoms with Crippen molar-refractivity contribution >= 4 is 29.4 Å². The number of ether oxygens (including phenoxy) is 2. The molecule has 3 saturated carbocycles. The number of carbonyl (C=O) groups excluding carboxylic acids is 5. The molecule has 1 saturated heterocycles. The van der Waals surface area contributed by atoms with E-state index in [2.05, 4.69) is 6.92 Å². The molecule has 0 aromatic heterocycles. The predicted octanol–water partition coefficient (Wildman–Crippen LogP) is 1.25. The van der Waals surface area contributed by atoms with Gasteiger partial charge in [-0.25, -0.2) is 4.79 Å². The fourth-order valence-electron chi connectivity index (χ4n) is 9.29. The largest absolute Gasteiger partial charge is 0.467 e. The lowest BCUT2D eigenvalue weighted by molar-refractivity contribution is -0.184. The number of nitrogens with zero attached hydrogens (tertiary/aromatic N) is 1. The van der Waals surface area contributed by atoms with Crippen molar-refractivity contribution < 1.29 is 48.8 Å². The second kappa shape index (κ2) is 11.1. The maximum absolute atomic E-state index is 13.5. The van der Waals surface area contributed by atoms with Crippen molar-refractivity contribution in [2.75, 3.05) is 20.3 Å². The Labute approximate surface area is 245 Å². The number of rotatable bonds is 7. The number of esters is 2. The number of β-amino-alcohol motifs (C(OH)–C–C–N with tert-alkyl or cyclic N) is 1. The number of allylic oxidation sites excluding steroid dienone is 1. The number of ketones is 2. The Kier molecular flexibility index (Phi) is 8.17. The van der Waals surface area contributed by atoms with Crippen LogP contribution in [0.5, 0.6) is 0 Å². The molecule has 1 aliphatic heterocycles. The molecule has 42 heavy (non-hydrogen) atoms. The smallest absolute Gasteiger partial charge is 0.328 e. The van der Waals surface area contributed by atoms with Crippen molar-refractivity contribution in [1.29, 1.82) is 0 Å². The van der Waals surface area contributed by atoms with Crippen LogP contribution in [0.2, 0.25) is 0 Å².